The Morgan fingerprint density at radius 1 is 1.14 bits per heavy atom. The van der Waals surface area contributed by atoms with E-state index < -0.39 is 0 Å². The summed E-state index contributed by atoms with van der Waals surface area (Å²) in [4.78, 5) is 20.5. The fourth-order valence-electron chi connectivity index (χ4n) is 1.99. The molecule has 7 heteroatoms. The standard InChI is InChI=1S/C15H14N6O/c1-10-4-3-5-13(17-10)18-15(22)12-6-7-14(20-19-12)21-9-8-16-11(21)2/h3-9H,1-2H3,(H,17,18,22). The summed E-state index contributed by atoms with van der Waals surface area (Å²) >= 11 is 0. The number of amides is 1. The molecular weight excluding hydrogens is 280 g/mol. The molecule has 0 radical (unpaired) electrons. The van der Waals surface area contributed by atoms with Gasteiger partial charge in [0.1, 0.15) is 11.6 Å². The number of aryl methyl sites for hydroxylation is 2. The molecule has 0 saturated carbocycles. The summed E-state index contributed by atoms with van der Waals surface area (Å²) in [5, 5.41) is 10.7. The van der Waals surface area contributed by atoms with Crippen molar-refractivity contribution in [3.8, 4) is 5.82 Å². The summed E-state index contributed by atoms with van der Waals surface area (Å²) < 4.78 is 1.79. The predicted octanol–water partition coefficient (Wildman–Crippen LogP) is 1.93. The first-order chi connectivity index (χ1) is 10.6. The van der Waals surface area contributed by atoms with Crippen LogP contribution < -0.4 is 5.32 Å². The average molecular weight is 294 g/mol. The zero-order valence-electron chi connectivity index (χ0n) is 12.2. The van der Waals surface area contributed by atoms with Crippen LogP contribution in [0.25, 0.3) is 5.82 Å². The highest BCUT2D eigenvalue weighted by Crippen LogP contribution is 2.09. The third kappa shape index (κ3) is 2.83. The van der Waals surface area contributed by atoms with E-state index in [9.17, 15) is 4.79 Å². The number of carbonyl (C=O) groups is 1. The van der Waals surface area contributed by atoms with Crippen molar-refractivity contribution in [2.45, 2.75) is 13.8 Å². The van der Waals surface area contributed by atoms with Gasteiger partial charge in [-0.25, -0.2) is 9.97 Å². The summed E-state index contributed by atoms with van der Waals surface area (Å²) in [7, 11) is 0. The second kappa shape index (κ2) is 5.72. The number of hydrogen-bond acceptors (Lipinski definition) is 5. The number of nitrogens with zero attached hydrogens (tertiary/aromatic N) is 5. The smallest absolute Gasteiger partial charge is 0.277 e. The van der Waals surface area contributed by atoms with Crippen molar-refractivity contribution in [2.75, 3.05) is 5.32 Å². The van der Waals surface area contributed by atoms with Crippen LogP contribution in [0.3, 0.4) is 0 Å². The maximum absolute atomic E-state index is 12.1. The Morgan fingerprint density at radius 2 is 2.00 bits per heavy atom. The van der Waals surface area contributed by atoms with E-state index in [0.717, 1.165) is 11.5 Å². The fraction of sp³-hybridized carbons (Fsp3) is 0.133. The van der Waals surface area contributed by atoms with Gasteiger partial charge < -0.3 is 5.32 Å². The Kier molecular flexibility index (Phi) is 3.61. The Morgan fingerprint density at radius 3 is 2.64 bits per heavy atom. The summed E-state index contributed by atoms with van der Waals surface area (Å²) in [6.07, 6.45) is 3.47. The van der Waals surface area contributed by atoms with Crippen LogP contribution in [0, 0.1) is 13.8 Å². The van der Waals surface area contributed by atoms with Crippen molar-refractivity contribution in [1.82, 2.24) is 24.7 Å². The van der Waals surface area contributed by atoms with Crippen molar-refractivity contribution >= 4 is 11.7 Å². The van der Waals surface area contributed by atoms with Crippen molar-refractivity contribution in [2.24, 2.45) is 0 Å². The van der Waals surface area contributed by atoms with Crippen LogP contribution >= 0.6 is 0 Å². The van der Waals surface area contributed by atoms with Gasteiger partial charge in [0.15, 0.2) is 11.5 Å². The number of anilines is 1. The first-order valence-corrected chi connectivity index (χ1v) is 6.72. The van der Waals surface area contributed by atoms with Gasteiger partial charge in [0, 0.05) is 18.1 Å². The highest BCUT2D eigenvalue weighted by molar-refractivity contribution is 6.02. The van der Waals surface area contributed by atoms with E-state index in [4.69, 9.17) is 0 Å². The molecule has 0 aromatic carbocycles. The fourth-order valence-corrected chi connectivity index (χ4v) is 1.99. The van der Waals surface area contributed by atoms with Gasteiger partial charge in [0.2, 0.25) is 0 Å². The highest BCUT2D eigenvalue weighted by atomic mass is 16.2. The summed E-state index contributed by atoms with van der Waals surface area (Å²) in [5.74, 6) is 1.55. The Labute approximate surface area is 127 Å². The molecule has 0 spiro atoms. The molecule has 0 aliphatic rings. The summed E-state index contributed by atoms with van der Waals surface area (Å²) in [6.45, 7) is 3.73. The van der Waals surface area contributed by atoms with E-state index in [0.29, 0.717) is 11.6 Å². The van der Waals surface area contributed by atoms with E-state index in [1.807, 2.05) is 26.0 Å². The Hall–Kier alpha value is -3.09. The molecule has 0 aliphatic carbocycles. The lowest BCUT2D eigenvalue weighted by Gasteiger charge is -2.06. The first-order valence-electron chi connectivity index (χ1n) is 6.72. The number of hydrogen-bond donors (Lipinski definition) is 1. The number of rotatable bonds is 3. The zero-order valence-corrected chi connectivity index (χ0v) is 12.2. The Balaban J connectivity index is 1.78. The maximum atomic E-state index is 12.1. The van der Waals surface area contributed by atoms with Crippen LogP contribution in [0.1, 0.15) is 22.0 Å². The van der Waals surface area contributed by atoms with Gasteiger partial charge in [-0.2, -0.15) is 0 Å². The molecule has 1 amide bonds. The van der Waals surface area contributed by atoms with Gasteiger partial charge in [-0.15, -0.1) is 10.2 Å². The maximum Gasteiger partial charge on any atom is 0.277 e. The molecule has 1 N–H and O–H groups in total. The second-order valence-corrected chi connectivity index (χ2v) is 4.74. The molecule has 3 aromatic rings. The molecule has 22 heavy (non-hydrogen) atoms. The van der Waals surface area contributed by atoms with Crippen molar-refractivity contribution in [1.29, 1.82) is 0 Å². The van der Waals surface area contributed by atoms with Gasteiger partial charge >= 0.3 is 0 Å². The second-order valence-electron chi connectivity index (χ2n) is 4.74. The minimum Gasteiger partial charge on any atom is -0.305 e. The van der Waals surface area contributed by atoms with E-state index in [1.54, 1.807) is 35.2 Å². The highest BCUT2D eigenvalue weighted by Gasteiger charge is 2.10. The quantitative estimate of drug-likeness (QED) is 0.797. The topological polar surface area (TPSA) is 85.6 Å². The van der Waals surface area contributed by atoms with Crippen LogP contribution in [0.15, 0.2) is 42.7 Å². The lowest BCUT2D eigenvalue weighted by molar-refractivity contribution is 0.102. The summed E-state index contributed by atoms with van der Waals surface area (Å²) in [6, 6.07) is 8.75. The lowest BCUT2D eigenvalue weighted by atomic mass is 10.3. The lowest BCUT2D eigenvalue weighted by Crippen LogP contribution is -2.16. The van der Waals surface area contributed by atoms with Gasteiger partial charge in [0.25, 0.3) is 5.91 Å². The van der Waals surface area contributed by atoms with Crippen molar-refractivity contribution in [3.63, 3.8) is 0 Å². The number of nitrogens with one attached hydrogen (secondary N) is 1. The number of pyridine rings is 1. The predicted molar refractivity (Wildman–Crippen MR) is 80.8 cm³/mol. The van der Waals surface area contributed by atoms with E-state index >= 15 is 0 Å². The molecule has 3 rings (SSSR count). The van der Waals surface area contributed by atoms with Gasteiger partial charge in [0.05, 0.1) is 0 Å². The largest absolute Gasteiger partial charge is 0.305 e. The molecule has 0 fully saturated rings. The van der Waals surface area contributed by atoms with Gasteiger partial charge in [-0.3, -0.25) is 9.36 Å². The van der Waals surface area contributed by atoms with E-state index in [2.05, 4.69) is 25.5 Å². The van der Waals surface area contributed by atoms with Gasteiger partial charge in [-0.1, -0.05) is 6.07 Å². The molecule has 3 heterocycles. The monoisotopic (exact) mass is 294 g/mol. The van der Waals surface area contributed by atoms with Crippen LogP contribution in [0.2, 0.25) is 0 Å². The molecule has 0 atom stereocenters. The van der Waals surface area contributed by atoms with Crippen molar-refractivity contribution < 1.29 is 4.79 Å². The minimum absolute atomic E-state index is 0.227. The van der Waals surface area contributed by atoms with Crippen LogP contribution in [0.4, 0.5) is 5.82 Å². The number of imidazole rings is 1. The minimum atomic E-state index is -0.348. The molecule has 0 bridgehead atoms. The SMILES string of the molecule is Cc1cccc(NC(=O)c2ccc(-n3ccnc3C)nn2)n1. The molecule has 110 valence electrons. The Bertz CT molecular complexity index is 809. The molecule has 0 unspecified atom stereocenters. The third-order valence-electron chi connectivity index (χ3n) is 3.09. The molecule has 0 aliphatic heterocycles. The average Bonchev–Trinajstić information content (AvgIpc) is 2.93. The van der Waals surface area contributed by atoms with Gasteiger partial charge in [-0.05, 0) is 38.1 Å². The first kappa shape index (κ1) is 13.9. The van der Waals surface area contributed by atoms with E-state index in [1.165, 1.54) is 0 Å². The van der Waals surface area contributed by atoms with Crippen LogP contribution in [0.5, 0.6) is 0 Å². The van der Waals surface area contributed by atoms with Crippen LogP contribution in [-0.4, -0.2) is 30.6 Å². The normalized spacial score (nSPS) is 10.5. The van der Waals surface area contributed by atoms with E-state index in [-0.39, 0.29) is 11.6 Å². The molecule has 3 aromatic heterocycles. The third-order valence-corrected chi connectivity index (χ3v) is 3.09. The number of carbonyl (C=O) groups excluding carboxylic acids is 1. The zero-order chi connectivity index (χ0) is 15.5. The molecule has 0 saturated heterocycles. The van der Waals surface area contributed by atoms with Crippen molar-refractivity contribution in [3.05, 3.63) is 59.9 Å². The number of aromatic nitrogens is 5. The molecule has 7 nitrogen and oxygen atoms in total. The molecular formula is C15H14N6O. The van der Waals surface area contributed by atoms with Crippen LogP contribution in [-0.2, 0) is 0 Å². The summed E-state index contributed by atoms with van der Waals surface area (Å²) in [5.41, 5.74) is 1.06.